The number of benzene rings is 2. The third-order valence-corrected chi connectivity index (χ3v) is 3.63. The van der Waals surface area contributed by atoms with Crippen molar-refractivity contribution in [2.75, 3.05) is 6.61 Å². The van der Waals surface area contributed by atoms with E-state index < -0.39 is 0 Å². The molecule has 3 aromatic rings. The van der Waals surface area contributed by atoms with E-state index in [1.54, 1.807) is 0 Å². The van der Waals surface area contributed by atoms with Crippen LogP contribution >= 0.6 is 0 Å². The molecule has 0 N–H and O–H groups in total. The minimum Gasteiger partial charge on any atom is -0.494 e. The molecule has 0 bridgehead atoms. The highest BCUT2D eigenvalue weighted by Gasteiger charge is 2.05. The summed E-state index contributed by atoms with van der Waals surface area (Å²) in [7, 11) is 0. The molecule has 0 unspecified atom stereocenters. The number of aromatic nitrogens is 2. The predicted octanol–water partition coefficient (Wildman–Crippen LogP) is 4.20. The van der Waals surface area contributed by atoms with Crippen LogP contribution in [-0.2, 0) is 6.54 Å². The van der Waals surface area contributed by atoms with Crippen LogP contribution in [-0.4, -0.2) is 16.2 Å². The lowest BCUT2D eigenvalue weighted by molar-refractivity contribution is 0.303. The zero-order chi connectivity index (χ0) is 14.5. The molecule has 0 saturated heterocycles. The van der Waals surface area contributed by atoms with E-state index in [4.69, 9.17) is 4.74 Å². The average molecular weight is 280 g/mol. The second-order valence-electron chi connectivity index (χ2n) is 5.17. The molecule has 1 heterocycles. The van der Waals surface area contributed by atoms with Crippen LogP contribution in [0.4, 0.5) is 0 Å². The number of para-hydroxylation sites is 3. The highest BCUT2D eigenvalue weighted by molar-refractivity contribution is 5.75. The van der Waals surface area contributed by atoms with E-state index in [0.717, 1.165) is 43.1 Å². The molecule has 3 nitrogen and oxygen atoms in total. The highest BCUT2D eigenvalue weighted by Crippen LogP contribution is 2.16. The second kappa shape index (κ2) is 6.44. The number of imidazole rings is 1. The lowest BCUT2D eigenvalue weighted by Crippen LogP contribution is -2.03. The molecule has 0 spiro atoms. The second-order valence-corrected chi connectivity index (χ2v) is 5.17. The molecule has 0 fully saturated rings. The lowest BCUT2D eigenvalue weighted by Gasteiger charge is -2.08. The molecule has 0 aliphatic heterocycles. The van der Waals surface area contributed by atoms with E-state index in [9.17, 15) is 0 Å². The molecule has 0 amide bonds. The Bertz CT molecular complexity index is 704. The summed E-state index contributed by atoms with van der Waals surface area (Å²) in [4.78, 5) is 4.59. The minimum atomic E-state index is 0.760. The maximum Gasteiger partial charge on any atom is 0.119 e. The summed E-state index contributed by atoms with van der Waals surface area (Å²) in [6.45, 7) is 3.82. The van der Waals surface area contributed by atoms with Crippen molar-refractivity contribution in [1.82, 2.24) is 9.55 Å². The van der Waals surface area contributed by atoms with Gasteiger partial charge in [0, 0.05) is 6.54 Å². The molecule has 3 rings (SSSR count). The molecule has 3 heteroatoms. The maximum atomic E-state index is 5.72. The zero-order valence-electron chi connectivity index (χ0n) is 12.3. The highest BCUT2D eigenvalue weighted by atomic mass is 16.5. The number of unbranched alkanes of at least 4 members (excludes halogenated alkanes) is 1. The van der Waals surface area contributed by atoms with Crippen molar-refractivity contribution in [3.63, 3.8) is 0 Å². The topological polar surface area (TPSA) is 27.1 Å². The Morgan fingerprint density at radius 3 is 2.57 bits per heavy atom. The summed E-state index contributed by atoms with van der Waals surface area (Å²) < 4.78 is 8.01. The number of nitrogens with zero attached hydrogens (tertiary/aromatic N) is 2. The van der Waals surface area contributed by atoms with Gasteiger partial charge in [0.2, 0.25) is 0 Å². The van der Waals surface area contributed by atoms with Gasteiger partial charge in [-0.1, -0.05) is 30.3 Å². The molecule has 108 valence electrons. The van der Waals surface area contributed by atoms with Crippen LogP contribution in [0.1, 0.15) is 18.7 Å². The van der Waals surface area contributed by atoms with Gasteiger partial charge in [-0.25, -0.2) is 4.98 Å². The molecule has 0 atom stereocenters. The number of rotatable bonds is 6. The zero-order valence-corrected chi connectivity index (χ0v) is 12.3. The molecule has 0 aliphatic carbocycles. The summed E-state index contributed by atoms with van der Waals surface area (Å²) in [5, 5.41) is 0. The van der Waals surface area contributed by atoms with Crippen molar-refractivity contribution in [2.45, 2.75) is 26.3 Å². The predicted molar refractivity (Wildman–Crippen MR) is 85.6 cm³/mol. The quantitative estimate of drug-likeness (QED) is 0.633. The Kier molecular flexibility index (Phi) is 4.20. The van der Waals surface area contributed by atoms with Crippen molar-refractivity contribution >= 4 is 11.0 Å². The SMILES string of the molecule is Cc1nc2ccccc2n1CCCCOc1ccccc1. The Hall–Kier alpha value is -2.29. The van der Waals surface area contributed by atoms with Crippen molar-refractivity contribution < 1.29 is 4.74 Å². The van der Waals surface area contributed by atoms with E-state index in [0.29, 0.717) is 0 Å². The van der Waals surface area contributed by atoms with Gasteiger partial charge in [0.1, 0.15) is 11.6 Å². The molecular weight excluding hydrogens is 260 g/mol. The van der Waals surface area contributed by atoms with Crippen molar-refractivity contribution in [2.24, 2.45) is 0 Å². The standard InChI is InChI=1S/C18H20N2O/c1-15-19-17-11-5-6-12-18(17)20(15)13-7-8-14-21-16-9-3-2-4-10-16/h2-6,9-12H,7-8,13-14H2,1H3. The van der Waals surface area contributed by atoms with Gasteiger partial charge in [0.05, 0.1) is 17.6 Å². The smallest absolute Gasteiger partial charge is 0.119 e. The average Bonchev–Trinajstić information content (AvgIpc) is 2.84. The van der Waals surface area contributed by atoms with Crippen molar-refractivity contribution in [1.29, 1.82) is 0 Å². The molecule has 2 aromatic carbocycles. The van der Waals surface area contributed by atoms with Gasteiger partial charge in [-0.15, -0.1) is 0 Å². The van der Waals surface area contributed by atoms with Crippen LogP contribution in [0.2, 0.25) is 0 Å². The van der Waals surface area contributed by atoms with Gasteiger partial charge in [0.25, 0.3) is 0 Å². The first-order valence-electron chi connectivity index (χ1n) is 7.44. The Labute approximate surface area is 125 Å². The molecular formula is C18H20N2O. The van der Waals surface area contributed by atoms with Gasteiger partial charge >= 0.3 is 0 Å². The van der Waals surface area contributed by atoms with E-state index in [1.807, 2.05) is 36.4 Å². The van der Waals surface area contributed by atoms with Crippen LogP contribution in [0.25, 0.3) is 11.0 Å². The minimum absolute atomic E-state index is 0.760. The largest absolute Gasteiger partial charge is 0.494 e. The third-order valence-electron chi connectivity index (χ3n) is 3.63. The fourth-order valence-electron chi connectivity index (χ4n) is 2.56. The van der Waals surface area contributed by atoms with Crippen LogP contribution in [0.15, 0.2) is 54.6 Å². The number of hydrogen-bond donors (Lipinski definition) is 0. The van der Waals surface area contributed by atoms with Gasteiger partial charge in [-0.3, -0.25) is 0 Å². The van der Waals surface area contributed by atoms with Gasteiger partial charge in [-0.2, -0.15) is 0 Å². The van der Waals surface area contributed by atoms with Gasteiger partial charge in [0.15, 0.2) is 0 Å². The summed E-state index contributed by atoms with van der Waals surface area (Å²) in [6.07, 6.45) is 2.13. The van der Waals surface area contributed by atoms with E-state index >= 15 is 0 Å². The van der Waals surface area contributed by atoms with E-state index in [-0.39, 0.29) is 0 Å². The van der Waals surface area contributed by atoms with Crippen molar-refractivity contribution in [3.8, 4) is 5.75 Å². The van der Waals surface area contributed by atoms with Crippen molar-refractivity contribution in [3.05, 3.63) is 60.4 Å². The molecule has 21 heavy (non-hydrogen) atoms. The Morgan fingerprint density at radius 2 is 1.71 bits per heavy atom. The van der Waals surface area contributed by atoms with Crippen LogP contribution in [0.5, 0.6) is 5.75 Å². The van der Waals surface area contributed by atoms with Gasteiger partial charge < -0.3 is 9.30 Å². The van der Waals surface area contributed by atoms with Crippen LogP contribution in [0.3, 0.4) is 0 Å². The fraction of sp³-hybridized carbons (Fsp3) is 0.278. The maximum absolute atomic E-state index is 5.72. The van der Waals surface area contributed by atoms with Crippen LogP contribution in [0, 0.1) is 6.92 Å². The normalized spacial score (nSPS) is 10.9. The molecule has 0 radical (unpaired) electrons. The molecule has 1 aromatic heterocycles. The first-order valence-corrected chi connectivity index (χ1v) is 7.44. The summed E-state index contributed by atoms with van der Waals surface area (Å²) >= 11 is 0. The van der Waals surface area contributed by atoms with E-state index in [2.05, 4.69) is 34.7 Å². The first-order chi connectivity index (χ1) is 10.3. The number of fused-ring (bicyclic) bond motifs is 1. The Morgan fingerprint density at radius 1 is 0.952 bits per heavy atom. The summed E-state index contributed by atoms with van der Waals surface area (Å²) in [5.41, 5.74) is 2.30. The summed E-state index contributed by atoms with van der Waals surface area (Å²) in [5.74, 6) is 2.03. The molecule has 0 saturated carbocycles. The lowest BCUT2D eigenvalue weighted by atomic mass is 10.3. The number of ether oxygens (including phenoxy) is 1. The fourth-order valence-corrected chi connectivity index (χ4v) is 2.56. The third kappa shape index (κ3) is 3.24. The van der Waals surface area contributed by atoms with Crippen LogP contribution < -0.4 is 4.74 Å². The molecule has 0 aliphatic rings. The monoisotopic (exact) mass is 280 g/mol. The first kappa shape index (κ1) is 13.7. The Balaban J connectivity index is 1.52. The van der Waals surface area contributed by atoms with Gasteiger partial charge in [-0.05, 0) is 44.0 Å². The summed E-state index contributed by atoms with van der Waals surface area (Å²) in [6, 6.07) is 18.3. The number of aryl methyl sites for hydroxylation is 2. The van der Waals surface area contributed by atoms with E-state index in [1.165, 1.54) is 5.52 Å². The number of hydrogen-bond acceptors (Lipinski definition) is 2.